The molecule has 0 saturated carbocycles. The first kappa shape index (κ1) is 13.5. The van der Waals surface area contributed by atoms with Gasteiger partial charge in [-0.3, -0.25) is 0 Å². The number of aliphatic hydroxyl groups excluding tert-OH is 1. The fraction of sp³-hybridized carbons (Fsp3) is 0.545. The first-order valence-corrected chi connectivity index (χ1v) is 7.89. The molecule has 1 aromatic heterocycles. The normalized spacial score (nSPS) is 22.8. The van der Waals surface area contributed by atoms with Crippen molar-refractivity contribution in [2.24, 2.45) is 5.92 Å². The number of nitrogens with zero attached hydrogens (tertiary/aromatic N) is 2. The van der Waals surface area contributed by atoms with E-state index in [1.54, 1.807) is 6.92 Å². The summed E-state index contributed by atoms with van der Waals surface area (Å²) in [6, 6.07) is 4.91. The summed E-state index contributed by atoms with van der Waals surface area (Å²) in [5, 5.41) is 18.2. The second kappa shape index (κ2) is 4.97. The van der Waals surface area contributed by atoms with E-state index in [2.05, 4.69) is 0 Å². The van der Waals surface area contributed by atoms with E-state index >= 15 is 0 Å². The Balaban J connectivity index is 2.20. The Morgan fingerprint density at radius 1 is 1.61 bits per heavy atom. The second-order valence-corrected chi connectivity index (χ2v) is 7.63. The van der Waals surface area contributed by atoms with Crippen molar-refractivity contribution in [1.82, 2.24) is 4.31 Å². The van der Waals surface area contributed by atoms with E-state index in [1.807, 2.05) is 6.07 Å². The average molecular weight is 286 g/mol. The van der Waals surface area contributed by atoms with Gasteiger partial charge in [-0.25, -0.2) is 8.42 Å². The zero-order chi connectivity index (χ0) is 13.3. The van der Waals surface area contributed by atoms with Crippen molar-refractivity contribution < 1.29 is 13.5 Å². The minimum atomic E-state index is -3.50. The number of thiophene rings is 1. The lowest BCUT2D eigenvalue weighted by molar-refractivity contribution is 0.133. The van der Waals surface area contributed by atoms with Crippen molar-refractivity contribution in [3.05, 3.63) is 17.0 Å². The maximum absolute atomic E-state index is 12.3. The van der Waals surface area contributed by atoms with Gasteiger partial charge in [-0.15, -0.1) is 11.3 Å². The molecule has 0 aliphatic carbocycles. The minimum Gasteiger partial charge on any atom is -0.393 e. The SMILES string of the molecule is CC(O)C1CCN(S(=O)(=O)c2ccc(C#N)s2)C1. The van der Waals surface area contributed by atoms with E-state index in [0.717, 1.165) is 11.3 Å². The van der Waals surface area contributed by atoms with E-state index < -0.39 is 16.1 Å². The lowest BCUT2D eigenvalue weighted by Crippen LogP contribution is -2.30. The Morgan fingerprint density at radius 3 is 2.83 bits per heavy atom. The molecule has 2 rings (SSSR count). The summed E-state index contributed by atoms with van der Waals surface area (Å²) >= 11 is 0.983. The highest BCUT2D eigenvalue weighted by Crippen LogP contribution is 2.29. The highest BCUT2D eigenvalue weighted by Gasteiger charge is 2.35. The van der Waals surface area contributed by atoms with Gasteiger partial charge >= 0.3 is 0 Å². The summed E-state index contributed by atoms with van der Waals surface area (Å²) < 4.78 is 26.1. The Hall–Kier alpha value is -0.940. The summed E-state index contributed by atoms with van der Waals surface area (Å²) in [7, 11) is -3.50. The van der Waals surface area contributed by atoms with Crippen LogP contribution in [0.5, 0.6) is 0 Å². The molecular weight excluding hydrogens is 272 g/mol. The third-order valence-electron chi connectivity index (χ3n) is 3.16. The van der Waals surface area contributed by atoms with Gasteiger partial charge in [0.15, 0.2) is 0 Å². The Morgan fingerprint density at radius 2 is 2.33 bits per heavy atom. The fourth-order valence-corrected chi connectivity index (χ4v) is 4.78. The summed E-state index contributed by atoms with van der Waals surface area (Å²) in [6.07, 6.45) is 0.177. The van der Waals surface area contributed by atoms with Crippen molar-refractivity contribution in [3.8, 4) is 6.07 Å². The molecule has 0 aromatic carbocycles. The number of sulfonamides is 1. The zero-order valence-electron chi connectivity index (χ0n) is 9.91. The number of hydrogen-bond acceptors (Lipinski definition) is 5. The second-order valence-electron chi connectivity index (χ2n) is 4.38. The topological polar surface area (TPSA) is 81.4 Å². The number of rotatable bonds is 3. The van der Waals surface area contributed by atoms with Crippen molar-refractivity contribution in [2.45, 2.75) is 23.7 Å². The molecule has 1 N–H and O–H groups in total. The predicted molar refractivity (Wildman–Crippen MR) is 67.6 cm³/mol. The van der Waals surface area contributed by atoms with Crippen LogP contribution in [0.4, 0.5) is 0 Å². The molecule has 5 nitrogen and oxygen atoms in total. The maximum Gasteiger partial charge on any atom is 0.252 e. The van der Waals surface area contributed by atoms with Crippen LogP contribution in [-0.2, 0) is 10.0 Å². The molecular formula is C11H14N2O3S2. The molecule has 1 fully saturated rings. The van der Waals surface area contributed by atoms with Gasteiger partial charge in [-0.05, 0) is 31.4 Å². The molecule has 2 unspecified atom stereocenters. The molecule has 2 atom stereocenters. The van der Waals surface area contributed by atoms with Gasteiger partial charge in [0.25, 0.3) is 10.0 Å². The van der Waals surface area contributed by atoms with Crippen molar-refractivity contribution in [1.29, 1.82) is 5.26 Å². The monoisotopic (exact) mass is 286 g/mol. The minimum absolute atomic E-state index is 0.00447. The first-order chi connectivity index (χ1) is 8.45. The van der Waals surface area contributed by atoms with Gasteiger partial charge in [0.2, 0.25) is 0 Å². The molecule has 1 saturated heterocycles. The average Bonchev–Trinajstić information content (AvgIpc) is 2.98. The quantitative estimate of drug-likeness (QED) is 0.899. The fourth-order valence-electron chi connectivity index (χ4n) is 2.01. The van der Waals surface area contributed by atoms with Crippen LogP contribution in [0.25, 0.3) is 0 Å². The number of hydrogen-bond donors (Lipinski definition) is 1. The summed E-state index contributed by atoms with van der Waals surface area (Å²) in [4.78, 5) is 0.389. The van der Waals surface area contributed by atoms with Crippen LogP contribution >= 0.6 is 11.3 Å². The first-order valence-electron chi connectivity index (χ1n) is 5.63. The van der Waals surface area contributed by atoms with Crippen molar-refractivity contribution in [3.63, 3.8) is 0 Å². The van der Waals surface area contributed by atoms with E-state index in [4.69, 9.17) is 5.26 Å². The number of nitriles is 1. The Bertz CT molecular complexity index is 571. The lowest BCUT2D eigenvalue weighted by Gasteiger charge is -2.16. The van der Waals surface area contributed by atoms with Crippen LogP contribution in [0.1, 0.15) is 18.2 Å². The molecule has 18 heavy (non-hydrogen) atoms. The largest absolute Gasteiger partial charge is 0.393 e. The van der Waals surface area contributed by atoms with Gasteiger partial charge < -0.3 is 5.11 Å². The predicted octanol–water partition coefficient (Wildman–Crippen LogP) is 1.01. The number of aliphatic hydroxyl groups is 1. The van der Waals surface area contributed by atoms with E-state index in [-0.39, 0.29) is 10.1 Å². The van der Waals surface area contributed by atoms with Gasteiger partial charge in [0.05, 0.1) is 6.10 Å². The van der Waals surface area contributed by atoms with Crippen LogP contribution in [0.15, 0.2) is 16.3 Å². The van der Waals surface area contributed by atoms with Gasteiger partial charge in [0.1, 0.15) is 15.2 Å². The van der Waals surface area contributed by atoms with Crippen LogP contribution in [0.2, 0.25) is 0 Å². The van der Waals surface area contributed by atoms with Crippen LogP contribution in [0.3, 0.4) is 0 Å². The highest BCUT2D eigenvalue weighted by molar-refractivity contribution is 7.91. The molecule has 0 amide bonds. The van der Waals surface area contributed by atoms with Crippen LogP contribution in [-0.4, -0.2) is 37.0 Å². The summed E-state index contributed by atoms with van der Waals surface area (Å²) in [5.74, 6) is -0.00447. The van der Waals surface area contributed by atoms with Crippen LogP contribution in [0, 0.1) is 17.2 Å². The van der Waals surface area contributed by atoms with Crippen molar-refractivity contribution >= 4 is 21.4 Å². The molecule has 1 aromatic rings. The summed E-state index contributed by atoms with van der Waals surface area (Å²) in [6.45, 7) is 2.46. The molecule has 0 radical (unpaired) electrons. The van der Waals surface area contributed by atoms with E-state index in [1.165, 1.54) is 16.4 Å². The molecule has 2 heterocycles. The lowest BCUT2D eigenvalue weighted by atomic mass is 10.0. The molecule has 98 valence electrons. The third kappa shape index (κ3) is 2.42. The molecule has 0 bridgehead atoms. The van der Waals surface area contributed by atoms with Gasteiger partial charge in [0, 0.05) is 13.1 Å². The Labute approximate surface area is 110 Å². The smallest absolute Gasteiger partial charge is 0.252 e. The summed E-state index contributed by atoms with van der Waals surface area (Å²) in [5.41, 5.74) is 0. The maximum atomic E-state index is 12.3. The van der Waals surface area contributed by atoms with Crippen molar-refractivity contribution in [2.75, 3.05) is 13.1 Å². The van der Waals surface area contributed by atoms with E-state index in [9.17, 15) is 13.5 Å². The molecule has 1 aliphatic rings. The van der Waals surface area contributed by atoms with Crippen LogP contribution < -0.4 is 0 Å². The molecule has 0 spiro atoms. The molecule has 1 aliphatic heterocycles. The third-order valence-corrected chi connectivity index (χ3v) is 6.48. The van der Waals surface area contributed by atoms with Gasteiger partial charge in [-0.1, -0.05) is 0 Å². The Kier molecular flexibility index (Phi) is 3.73. The van der Waals surface area contributed by atoms with Gasteiger partial charge in [-0.2, -0.15) is 9.57 Å². The molecule has 7 heteroatoms. The zero-order valence-corrected chi connectivity index (χ0v) is 11.5. The highest BCUT2D eigenvalue weighted by atomic mass is 32.2. The standard InChI is InChI=1S/C11H14N2O3S2/c1-8(14)9-4-5-13(7-9)18(15,16)11-3-2-10(6-12)17-11/h2-3,8-9,14H,4-5,7H2,1H3. The van der Waals surface area contributed by atoms with E-state index in [0.29, 0.717) is 24.4 Å².